The van der Waals surface area contributed by atoms with Crippen LogP contribution in [-0.2, 0) is 16.8 Å². The van der Waals surface area contributed by atoms with E-state index in [1.54, 1.807) is 18.2 Å². The molecule has 0 bridgehead atoms. The number of amides is 2. The minimum absolute atomic E-state index is 0.0954. The van der Waals surface area contributed by atoms with E-state index in [0.717, 1.165) is 33.5 Å². The predicted molar refractivity (Wildman–Crippen MR) is 161 cm³/mol. The van der Waals surface area contributed by atoms with Crippen molar-refractivity contribution >= 4 is 46.2 Å². The molecule has 2 amide bonds. The standard InChI is InChI=1S/C31H32N2O4S2/c1-6-36-26-17-22(13-16-25(26)37-19-21-11-14-23(15-12-21)31(3,4)5)18-27-29(35)33(30(38)39-27)32-28(34)24-10-8-7-9-20(24)2/h7-18H,6,19H2,1-5H3,(H,32,34)/b27-18+. The smallest absolute Gasteiger partial charge is 0.285 e. The molecule has 0 aromatic heterocycles. The Balaban J connectivity index is 1.47. The van der Waals surface area contributed by atoms with Crippen molar-refractivity contribution in [2.75, 3.05) is 6.61 Å². The number of hydrogen-bond acceptors (Lipinski definition) is 6. The second-order valence-electron chi connectivity index (χ2n) is 10.1. The predicted octanol–water partition coefficient (Wildman–Crippen LogP) is 6.82. The molecule has 0 aliphatic carbocycles. The Morgan fingerprint density at radius 2 is 1.74 bits per heavy atom. The summed E-state index contributed by atoms with van der Waals surface area (Å²) in [6, 6.07) is 21.1. The third-order valence-electron chi connectivity index (χ3n) is 6.18. The summed E-state index contributed by atoms with van der Waals surface area (Å²) in [5, 5.41) is 1.12. The van der Waals surface area contributed by atoms with E-state index in [4.69, 9.17) is 21.7 Å². The molecule has 1 aliphatic rings. The van der Waals surface area contributed by atoms with Gasteiger partial charge in [0, 0.05) is 5.56 Å². The van der Waals surface area contributed by atoms with Crippen LogP contribution in [0.4, 0.5) is 0 Å². The van der Waals surface area contributed by atoms with Gasteiger partial charge in [0.1, 0.15) is 6.61 Å². The van der Waals surface area contributed by atoms with E-state index >= 15 is 0 Å². The van der Waals surface area contributed by atoms with Crippen molar-refractivity contribution < 1.29 is 19.1 Å². The lowest BCUT2D eigenvalue weighted by Gasteiger charge is -2.19. The van der Waals surface area contributed by atoms with Crippen molar-refractivity contribution in [2.24, 2.45) is 0 Å². The molecule has 1 heterocycles. The molecule has 3 aromatic rings. The highest BCUT2D eigenvalue weighted by molar-refractivity contribution is 8.26. The lowest BCUT2D eigenvalue weighted by Crippen LogP contribution is -2.45. The largest absolute Gasteiger partial charge is 0.490 e. The van der Waals surface area contributed by atoms with Gasteiger partial charge in [-0.1, -0.05) is 81.1 Å². The molecule has 0 saturated carbocycles. The van der Waals surface area contributed by atoms with Crippen LogP contribution in [0.1, 0.15) is 60.3 Å². The van der Waals surface area contributed by atoms with E-state index in [1.165, 1.54) is 5.56 Å². The van der Waals surface area contributed by atoms with Gasteiger partial charge in [-0.3, -0.25) is 15.0 Å². The van der Waals surface area contributed by atoms with E-state index in [0.29, 0.717) is 35.2 Å². The molecule has 202 valence electrons. The normalized spacial score (nSPS) is 14.6. The van der Waals surface area contributed by atoms with Crippen LogP contribution in [0.2, 0.25) is 0 Å². The van der Waals surface area contributed by atoms with Crippen LogP contribution in [0.15, 0.2) is 71.6 Å². The van der Waals surface area contributed by atoms with Gasteiger partial charge in [0.2, 0.25) is 0 Å². The first-order chi connectivity index (χ1) is 18.6. The Morgan fingerprint density at radius 1 is 1.03 bits per heavy atom. The minimum Gasteiger partial charge on any atom is -0.490 e. The molecule has 0 radical (unpaired) electrons. The summed E-state index contributed by atoms with van der Waals surface area (Å²) in [6.45, 7) is 11.2. The zero-order valence-electron chi connectivity index (χ0n) is 22.7. The van der Waals surface area contributed by atoms with E-state index < -0.39 is 0 Å². The Hall–Kier alpha value is -3.62. The summed E-state index contributed by atoms with van der Waals surface area (Å²) >= 11 is 6.51. The lowest BCUT2D eigenvalue weighted by atomic mass is 9.87. The molecule has 0 unspecified atom stereocenters. The second kappa shape index (κ2) is 12.1. The Bertz CT molecular complexity index is 1430. The van der Waals surface area contributed by atoms with Gasteiger partial charge in [-0.25, -0.2) is 0 Å². The van der Waals surface area contributed by atoms with Crippen LogP contribution in [-0.4, -0.2) is 27.8 Å². The number of thioether (sulfide) groups is 1. The fourth-order valence-corrected chi connectivity index (χ4v) is 5.15. The van der Waals surface area contributed by atoms with Crippen LogP contribution in [0, 0.1) is 6.92 Å². The molecule has 1 fully saturated rings. The number of nitrogens with zero attached hydrogens (tertiary/aromatic N) is 1. The number of thiocarbonyl (C=S) groups is 1. The molecule has 1 saturated heterocycles. The average Bonchev–Trinajstić information content (AvgIpc) is 3.15. The SMILES string of the molecule is CCOc1cc(/C=C2/SC(=S)N(NC(=O)c3ccccc3C)C2=O)ccc1OCc1ccc(C(C)(C)C)cc1. The van der Waals surface area contributed by atoms with Crippen molar-refractivity contribution in [3.8, 4) is 11.5 Å². The molecule has 0 spiro atoms. The third-order valence-corrected chi connectivity index (χ3v) is 7.48. The molecule has 1 N–H and O–H groups in total. The first-order valence-electron chi connectivity index (χ1n) is 12.7. The molecule has 4 rings (SSSR count). The molecule has 6 nitrogen and oxygen atoms in total. The number of hydrazine groups is 1. The van der Waals surface area contributed by atoms with Crippen molar-refractivity contribution in [3.63, 3.8) is 0 Å². The Morgan fingerprint density at radius 3 is 2.41 bits per heavy atom. The minimum atomic E-state index is -0.390. The maximum atomic E-state index is 13.1. The molecule has 3 aromatic carbocycles. The zero-order chi connectivity index (χ0) is 28.2. The average molecular weight is 561 g/mol. The topological polar surface area (TPSA) is 67.9 Å². The second-order valence-corrected chi connectivity index (χ2v) is 11.8. The van der Waals surface area contributed by atoms with Crippen LogP contribution in [0.3, 0.4) is 0 Å². The number of nitrogens with one attached hydrogen (secondary N) is 1. The van der Waals surface area contributed by atoms with Crippen molar-refractivity contribution in [1.29, 1.82) is 0 Å². The molecule has 0 atom stereocenters. The summed E-state index contributed by atoms with van der Waals surface area (Å²) in [5.41, 5.74) is 7.11. The van der Waals surface area contributed by atoms with Crippen molar-refractivity contribution in [2.45, 2.75) is 46.6 Å². The van der Waals surface area contributed by atoms with Gasteiger partial charge in [-0.15, -0.1) is 0 Å². The fourth-order valence-electron chi connectivity index (χ4n) is 3.97. The number of carbonyl (C=O) groups excluding carboxylic acids is 2. The van der Waals surface area contributed by atoms with Gasteiger partial charge in [-0.05, 0) is 78.0 Å². The number of hydrogen-bond donors (Lipinski definition) is 1. The van der Waals surface area contributed by atoms with E-state index in [1.807, 2.05) is 44.2 Å². The van der Waals surface area contributed by atoms with Gasteiger partial charge >= 0.3 is 0 Å². The maximum absolute atomic E-state index is 13.1. The first kappa shape index (κ1) is 28.4. The molecular formula is C31H32N2O4S2. The highest BCUT2D eigenvalue weighted by atomic mass is 32.2. The van der Waals surface area contributed by atoms with Gasteiger partial charge in [0.15, 0.2) is 15.8 Å². The molecule has 1 aliphatic heterocycles. The van der Waals surface area contributed by atoms with Crippen LogP contribution >= 0.6 is 24.0 Å². The highest BCUT2D eigenvalue weighted by Gasteiger charge is 2.34. The summed E-state index contributed by atoms with van der Waals surface area (Å²) in [7, 11) is 0. The van der Waals surface area contributed by atoms with Crippen molar-refractivity contribution in [1.82, 2.24) is 10.4 Å². The first-order valence-corrected chi connectivity index (χ1v) is 13.9. The van der Waals surface area contributed by atoms with Gasteiger partial charge in [0.05, 0.1) is 11.5 Å². The van der Waals surface area contributed by atoms with E-state index in [-0.39, 0.29) is 21.5 Å². The molecule has 39 heavy (non-hydrogen) atoms. The Kier molecular flexibility index (Phi) is 8.77. The third kappa shape index (κ3) is 6.88. The van der Waals surface area contributed by atoms with Crippen LogP contribution in [0.25, 0.3) is 6.08 Å². The molecule has 8 heteroatoms. The maximum Gasteiger partial charge on any atom is 0.285 e. The van der Waals surface area contributed by atoms with Gasteiger partial charge < -0.3 is 9.47 Å². The van der Waals surface area contributed by atoms with E-state index in [2.05, 4.69) is 50.5 Å². The monoisotopic (exact) mass is 560 g/mol. The fraction of sp³-hybridized carbons (Fsp3) is 0.258. The summed E-state index contributed by atoms with van der Waals surface area (Å²) < 4.78 is 12.2. The summed E-state index contributed by atoms with van der Waals surface area (Å²) in [4.78, 5) is 26.2. The summed E-state index contributed by atoms with van der Waals surface area (Å²) in [6.07, 6.45) is 1.73. The van der Waals surface area contributed by atoms with Crippen LogP contribution in [0.5, 0.6) is 11.5 Å². The number of benzene rings is 3. The van der Waals surface area contributed by atoms with Crippen LogP contribution < -0.4 is 14.9 Å². The highest BCUT2D eigenvalue weighted by Crippen LogP contribution is 2.35. The van der Waals surface area contributed by atoms with Gasteiger partial charge in [-0.2, -0.15) is 5.01 Å². The number of aryl methyl sites for hydroxylation is 1. The van der Waals surface area contributed by atoms with E-state index in [9.17, 15) is 9.59 Å². The van der Waals surface area contributed by atoms with Gasteiger partial charge in [0.25, 0.3) is 11.8 Å². The number of ether oxygens (including phenoxy) is 2. The number of carbonyl (C=O) groups is 2. The lowest BCUT2D eigenvalue weighted by molar-refractivity contribution is -0.123. The quantitative estimate of drug-likeness (QED) is 0.241. The zero-order valence-corrected chi connectivity index (χ0v) is 24.4. The number of rotatable bonds is 8. The van der Waals surface area contributed by atoms with Crippen molar-refractivity contribution in [3.05, 3.63) is 99.5 Å². The summed E-state index contributed by atoms with van der Waals surface area (Å²) in [5.74, 6) is 0.426. The molecular weight excluding hydrogens is 528 g/mol. The Labute approximate surface area is 239 Å².